The fourth-order valence-electron chi connectivity index (χ4n) is 2.84. The molecule has 0 unspecified atom stereocenters. The van der Waals surface area contributed by atoms with E-state index in [1.54, 1.807) is 43.7 Å². The number of pyridine rings is 1. The van der Waals surface area contributed by atoms with E-state index >= 15 is 0 Å². The van der Waals surface area contributed by atoms with E-state index in [-0.39, 0.29) is 5.56 Å². The van der Waals surface area contributed by atoms with Crippen LogP contribution in [0.3, 0.4) is 0 Å². The second-order valence-corrected chi connectivity index (χ2v) is 5.75. The van der Waals surface area contributed by atoms with Crippen LogP contribution < -0.4 is 5.32 Å². The minimum atomic E-state index is -0.461. The normalized spacial score (nSPS) is 10.9. The van der Waals surface area contributed by atoms with Crippen molar-refractivity contribution in [1.29, 1.82) is 0 Å². The zero-order chi connectivity index (χ0) is 18.1. The summed E-state index contributed by atoms with van der Waals surface area (Å²) >= 11 is 0. The third kappa shape index (κ3) is 2.86. The van der Waals surface area contributed by atoms with Gasteiger partial charge in [-0.25, -0.2) is 18.7 Å². The molecule has 4 rings (SSSR count). The molecule has 4 nitrogen and oxygen atoms in total. The van der Waals surface area contributed by atoms with E-state index in [9.17, 15) is 8.78 Å². The van der Waals surface area contributed by atoms with Gasteiger partial charge in [0, 0.05) is 36.0 Å². The van der Waals surface area contributed by atoms with Gasteiger partial charge in [-0.2, -0.15) is 0 Å². The lowest BCUT2D eigenvalue weighted by molar-refractivity contribution is 0.625. The monoisotopic (exact) mass is 348 g/mol. The summed E-state index contributed by atoms with van der Waals surface area (Å²) < 4.78 is 28.2. The van der Waals surface area contributed by atoms with Gasteiger partial charge in [0.1, 0.15) is 17.5 Å². The molecule has 4 aromatic rings. The molecule has 0 amide bonds. The molecule has 0 saturated carbocycles. The molecule has 0 saturated heterocycles. The smallest absolute Gasteiger partial charge is 0.163 e. The predicted molar refractivity (Wildman–Crippen MR) is 97.7 cm³/mol. The van der Waals surface area contributed by atoms with E-state index in [0.29, 0.717) is 28.1 Å². The molecule has 0 fully saturated rings. The van der Waals surface area contributed by atoms with E-state index in [0.717, 1.165) is 5.56 Å². The highest BCUT2D eigenvalue weighted by Crippen LogP contribution is 2.31. The Hall–Kier alpha value is -3.41. The number of hydrogen-bond donors (Lipinski definition) is 1. The number of nitrogens with one attached hydrogen (secondary N) is 1. The Morgan fingerprint density at radius 2 is 1.77 bits per heavy atom. The van der Waals surface area contributed by atoms with Crippen molar-refractivity contribution in [3.63, 3.8) is 0 Å². The van der Waals surface area contributed by atoms with Crippen molar-refractivity contribution in [3.8, 4) is 22.5 Å². The zero-order valence-corrected chi connectivity index (χ0v) is 13.9. The highest BCUT2D eigenvalue weighted by atomic mass is 19.1. The lowest BCUT2D eigenvalue weighted by Gasteiger charge is -2.11. The Morgan fingerprint density at radius 1 is 0.923 bits per heavy atom. The third-order valence-electron chi connectivity index (χ3n) is 4.08. The van der Waals surface area contributed by atoms with Crippen molar-refractivity contribution >= 4 is 16.7 Å². The molecule has 6 heteroatoms. The summed E-state index contributed by atoms with van der Waals surface area (Å²) in [6.07, 6.45) is 3.33. The largest absolute Gasteiger partial charge is 0.373 e. The van der Waals surface area contributed by atoms with Crippen molar-refractivity contribution in [2.24, 2.45) is 0 Å². The topological polar surface area (TPSA) is 50.7 Å². The van der Waals surface area contributed by atoms with Gasteiger partial charge < -0.3 is 5.32 Å². The van der Waals surface area contributed by atoms with Crippen LogP contribution >= 0.6 is 0 Å². The number of aromatic nitrogens is 3. The molecule has 128 valence electrons. The predicted octanol–water partition coefficient (Wildman–Crippen LogP) is 4.68. The molecule has 0 radical (unpaired) electrons. The van der Waals surface area contributed by atoms with Crippen molar-refractivity contribution in [2.75, 3.05) is 12.4 Å². The summed E-state index contributed by atoms with van der Waals surface area (Å²) in [4.78, 5) is 13.1. The first kappa shape index (κ1) is 16.1. The molecule has 0 spiro atoms. The summed E-state index contributed by atoms with van der Waals surface area (Å²) in [5.74, 6) is 0.110. The van der Waals surface area contributed by atoms with E-state index in [1.165, 1.54) is 18.2 Å². The Bertz CT molecular complexity index is 1100. The van der Waals surface area contributed by atoms with Gasteiger partial charge in [0.25, 0.3) is 0 Å². The molecular weight excluding hydrogens is 334 g/mol. The second kappa shape index (κ2) is 6.48. The molecular formula is C20H14F2N4. The van der Waals surface area contributed by atoms with Crippen LogP contribution in [-0.2, 0) is 0 Å². The summed E-state index contributed by atoms with van der Waals surface area (Å²) in [6, 6.07) is 12.5. The van der Waals surface area contributed by atoms with Gasteiger partial charge in [0.2, 0.25) is 0 Å². The molecule has 1 N–H and O–H groups in total. The maximum atomic E-state index is 14.7. The summed E-state index contributed by atoms with van der Waals surface area (Å²) in [6.45, 7) is 0. The first-order chi connectivity index (χ1) is 12.7. The Kier molecular flexibility index (Phi) is 4.01. The van der Waals surface area contributed by atoms with Crippen molar-refractivity contribution in [1.82, 2.24) is 15.0 Å². The number of rotatable bonds is 3. The number of fused-ring (bicyclic) bond motifs is 1. The Balaban J connectivity index is 1.96. The van der Waals surface area contributed by atoms with E-state index in [2.05, 4.69) is 20.3 Å². The van der Waals surface area contributed by atoms with E-state index in [1.807, 2.05) is 6.07 Å². The molecule has 0 bridgehead atoms. The minimum absolute atomic E-state index is 0.287. The Labute approximate surface area is 148 Å². The lowest BCUT2D eigenvalue weighted by atomic mass is 10.0. The maximum absolute atomic E-state index is 14.7. The van der Waals surface area contributed by atoms with Crippen molar-refractivity contribution in [3.05, 3.63) is 72.6 Å². The van der Waals surface area contributed by atoms with Gasteiger partial charge in [-0.1, -0.05) is 12.1 Å². The minimum Gasteiger partial charge on any atom is -0.373 e. The van der Waals surface area contributed by atoms with Gasteiger partial charge in [-0.3, -0.25) is 4.98 Å². The molecule has 0 aliphatic heterocycles. The average Bonchev–Trinajstić information content (AvgIpc) is 2.67. The van der Waals surface area contributed by atoms with Gasteiger partial charge in [0.15, 0.2) is 5.82 Å². The molecule has 26 heavy (non-hydrogen) atoms. The van der Waals surface area contributed by atoms with Crippen LogP contribution in [0.2, 0.25) is 0 Å². The van der Waals surface area contributed by atoms with Gasteiger partial charge >= 0.3 is 0 Å². The maximum Gasteiger partial charge on any atom is 0.163 e. The number of anilines is 1. The van der Waals surface area contributed by atoms with Crippen LogP contribution in [0, 0.1) is 11.6 Å². The number of halogens is 2. The highest BCUT2D eigenvalue weighted by molar-refractivity contribution is 5.93. The van der Waals surface area contributed by atoms with E-state index < -0.39 is 11.6 Å². The first-order valence-corrected chi connectivity index (χ1v) is 8.01. The van der Waals surface area contributed by atoms with Crippen LogP contribution in [0.5, 0.6) is 0 Å². The van der Waals surface area contributed by atoms with Crippen LogP contribution in [0.15, 0.2) is 60.9 Å². The number of hydrogen-bond acceptors (Lipinski definition) is 4. The van der Waals surface area contributed by atoms with Crippen molar-refractivity contribution < 1.29 is 8.78 Å². The van der Waals surface area contributed by atoms with Crippen LogP contribution in [0.25, 0.3) is 33.4 Å². The van der Waals surface area contributed by atoms with Crippen LogP contribution in [0.4, 0.5) is 14.6 Å². The highest BCUT2D eigenvalue weighted by Gasteiger charge is 2.14. The van der Waals surface area contributed by atoms with Crippen molar-refractivity contribution in [2.45, 2.75) is 0 Å². The summed E-state index contributed by atoms with van der Waals surface area (Å²) in [7, 11) is 1.72. The standard InChI is InChI=1S/C20H14F2N4/c1-23-20-16-9-17(22)15(12-4-2-6-14(21)8-12)10-18(16)25-19(26-20)13-5-3-7-24-11-13/h2-11H,1H3,(H,23,25,26). The zero-order valence-electron chi connectivity index (χ0n) is 13.9. The number of benzene rings is 2. The van der Waals surface area contributed by atoms with Gasteiger partial charge in [0.05, 0.1) is 5.52 Å². The summed E-state index contributed by atoms with van der Waals surface area (Å²) in [5, 5.41) is 3.53. The summed E-state index contributed by atoms with van der Waals surface area (Å²) in [5.41, 5.74) is 2.05. The number of nitrogens with zero attached hydrogens (tertiary/aromatic N) is 3. The quantitative estimate of drug-likeness (QED) is 0.584. The molecule has 2 aromatic heterocycles. The SMILES string of the molecule is CNc1nc(-c2cccnc2)nc2cc(-c3cccc(F)c3)c(F)cc12. The Morgan fingerprint density at radius 3 is 2.50 bits per heavy atom. The lowest BCUT2D eigenvalue weighted by Crippen LogP contribution is -2.00. The van der Waals surface area contributed by atoms with E-state index in [4.69, 9.17) is 0 Å². The molecule has 2 aromatic carbocycles. The van der Waals surface area contributed by atoms with Crippen LogP contribution in [-0.4, -0.2) is 22.0 Å². The van der Waals surface area contributed by atoms with Crippen LogP contribution in [0.1, 0.15) is 0 Å². The average molecular weight is 348 g/mol. The van der Waals surface area contributed by atoms with Gasteiger partial charge in [-0.05, 0) is 42.0 Å². The second-order valence-electron chi connectivity index (χ2n) is 5.75. The van der Waals surface area contributed by atoms with Gasteiger partial charge in [-0.15, -0.1) is 0 Å². The third-order valence-corrected chi connectivity index (χ3v) is 4.08. The molecule has 0 atom stereocenters. The molecule has 0 aliphatic rings. The molecule has 2 heterocycles. The first-order valence-electron chi connectivity index (χ1n) is 8.01. The fourth-order valence-corrected chi connectivity index (χ4v) is 2.84. The molecule has 0 aliphatic carbocycles. The fraction of sp³-hybridized carbons (Fsp3) is 0.0500.